The van der Waals surface area contributed by atoms with Gasteiger partial charge in [-0.1, -0.05) is 23.4 Å². The second kappa shape index (κ2) is 7.57. The van der Waals surface area contributed by atoms with Crippen LogP contribution in [0.5, 0.6) is 0 Å². The van der Waals surface area contributed by atoms with Gasteiger partial charge in [0, 0.05) is 24.6 Å². The molecule has 24 heavy (non-hydrogen) atoms. The first-order valence-electron chi connectivity index (χ1n) is 8.54. The fourth-order valence-corrected chi connectivity index (χ4v) is 3.23. The Kier molecular flexibility index (Phi) is 5.25. The Labute approximate surface area is 142 Å². The molecule has 6 nitrogen and oxygen atoms in total. The minimum atomic E-state index is 0.0357. The van der Waals surface area contributed by atoms with E-state index >= 15 is 0 Å². The van der Waals surface area contributed by atoms with E-state index in [1.165, 1.54) is 0 Å². The van der Waals surface area contributed by atoms with E-state index in [0.717, 1.165) is 31.2 Å². The summed E-state index contributed by atoms with van der Waals surface area (Å²) in [6.45, 7) is 3.63. The van der Waals surface area contributed by atoms with Gasteiger partial charge in [0.05, 0.1) is 6.04 Å². The minimum Gasteiger partial charge on any atom is -0.354 e. The van der Waals surface area contributed by atoms with Crippen molar-refractivity contribution in [1.29, 1.82) is 0 Å². The topological polar surface area (TPSA) is 80.0 Å². The largest absolute Gasteiger partial charge is 0.354 e. The van der Waals surface area contributed by atoms with Crippen LogP contribution in [0.25, 0.3) is 11.5 Å². The van der Waals surface area contributed by atoms with Gasteiger partial charge in [0.25, 0.3) is 5.89 Å². The van der Waals surface area contributed by atoms with Crippen molar-refractivity contribution in [2.45, 2.75) is 57.7 Å². The Morgan fingerprint density at radius 2 is 1.83 bits per heavy atom. The van der Waals surface area contributed by atoms with Crippen LogP contribution in [0.3, 0.4) is 0 Å². The van der Waals surface area contributed by atoms with Crippen LogP contribution < -0.4 is 10.6 Å². The summed E-state index contributed by atoms with van der Waals surface area (Å²) < 4.78 is 5.37. The van der Waals surface area contributed by atoms with Gasteiger partial charge in [-0.15, -0.1) is 0 Å². The second-order valence-corrected chi connectivity index (χ2v) is 6.46. The molecule has 6 heteroatoms. The highest BCUT2D eigenvalue weighted by atomic mass is 16.5. The SMILES string of the molecule is CC(=O)NC1CCC(N[C@@H](C)c2noc(-c3ccccc3)n2)CC1. The van der Waals surface area contributed by atoms with Gasteiger partial charge < -0.3 is 15.2 Å². The number of carbonyl (C=O) groups excluding carboxylic acids is 1. The van der Waals surface area contributed by atoms with E-state index in [1.807, 2.05) is 30.3 Å². The van der Waals surface area contributed by atoms with Crippen molar-refractivity contribution in [2.24, 2.45) is 0 Å². The Bertz CT molecular complexity index is 663. The lowest BCUT2D eigenvalue weighted by Gasteiger charge is -2.30. The number of nitrogens with zero attached hydrogens (tertiary/aromatic N) is 2. The van der Waals surface area contributed by atoms with Gasteiger partial charge in [-0.25, -0.2) is 0 Å². The normalized spacial score (nSPS) is 22.1. The summed E-state index contributed by atoms with van der Waals surface area (Å²) in [5, 5.41) is 10.7. The third-order valence-corrected chi connectivity index (χ3v) is 4.47. The van der Waals surface area contributed by atoms with Gasteiger partial charge in [0.15, 0.2) is 5.82 Å². The van der Waals surface area contributed by atoms with Crippen molar-refractivity contribution in [3.8, 4) is 11.5 Å². The predicted molar refractivity (Wildman–Crippen MR) is 91.1 cm³/mol. The number of rotatable bonds is 5. The molecule has 0 spiro atoms. The smallest absolute Gasteiger partial charge is 0.257 e. The number of nitrogens with one attached hydrogen (secondary N) is 2. The van der Waals surface area contributed by atoms with Crippen molar-refractivity contribution in [3.63, 3.8) is 0 Å². The Balaban J connectivity index is 1.54. The third-order valence-electron chi connectivity index (χ3n) is 4.47. The van der Waals surface area contributed by atoms with E-state index in [-0.39, 0.29) is 11.9 Å². The van der Waals surface area contributed by atoms with E-state index in [0.29, 0.717) is 23.8 Å². The van der Waals surface area contributed by atoms with Crippen molar-refractivity contribution in [1.82, 2.24) is 20.8 Å². The van der Waals surface area contributed by atoms with E-state index in [2.05, 4.69) is 27.7 Å². The van der Waals surface area contributed by atoms with E-state index in [9.17, 15) is 4.79 Å². The van der Waals surface area contributed by atoms with Gasteiger partial charge in [-0.3, -0.25) is 4.79 Å². The Hall–Kier alpha value is -2.21. The maximum atomic E-state index is 11.1. The third kappa shape index (κ3) is 4.20. The average molecular weight is 328 g/mol. The maximum Gasteiger partial charge on any atom is 0.257 e. The van der Waals surface area contributed by atoms with Gasteiger partial charge in [-0.05, 0) is 44.7 Å². The van der Waals surface area contributed by atoms with Gasteiger partial charge >= 0.3 is 0 Å². The number of carbonyl (C=O) groups is 1. The molecule has 1 fully saturated rings. The molecule has 1 aliphatic rings. The number of hydrogen-bond donors (Lipinski definition) is 2. The summed E-state index contributed by atoms with van der Waals surface area (Å²) in [5.41, 5.74) is 0.930. The fourth-order valence-electron chi connectivity index (χ4n) is 3.23. The number of amides is 1. The molecule has 0 bridgehead atoms. The van der Waals surface area contributed by atoms with Crippen molar-refractivity contribution < 1.29 is 9.32 Å². The van der Waals surface area contributed by atoms with Crippen LogP contribution in [0, 0.1) is 0 Å². The van der Waals surface area contributed by atoms with Crippen LogP contribution in [0.2, 0.25) is 0 Å². The molecule has 1 saturated carbocycles. The first-order valence-corrected chi connectivity index (χ1v) is 8.54. The average Bonchev–Trinajstić information content (AvgIpc) is 3.07. The Morgan fingerprint density at radius 1 is 1.17 bits per heavy atom. The summed E-state index contributed by atoms with van der Waals surface area (Å²) in [5.74, 6) is 1.28. The number of benzene rings is 1. The molecule has 0 aliphatic heterocycles. The summed E-state index contributed by atoms with van der Waals surface area (Å²) in [6.07, 6.45) is 4.09. The van der Waals surface area contributed by atoms with Crippen molar-refractivity contribution >= 4 is 5.91 Å². The molecule has 1 aromatic heterocycles. The predicted octanol–water partition coefficient (Wildman–Crippen LogP) is 2.83. The highest BCUT2D eigenvalue weighted by Crippen LogP contribution is 2.23. The molecule has 128 valence electrons. The molecule has 0 unspecified atom stereocenters. The van der Waals surface area contributed by atoms with Crippen LogP contribution in [0.15, 0.2) is 34.9 Å². The lowest BCUT2D eigenvalue weighted by molar-refractivity contribution is -0.119. The maximum absolute atomic E-state index is 11.1. The van der Waals surface area contributed by atoms with Crippen molar-refractivity contribution in [2.75, 3.05) is 0 Å². The van der Waals surface area contributed by atoms with Crippen LogP contribution in [-0.2, 0) is 4.79 Å². The quantitative estimate of drug-likeness (QED) is 0.882. The Morgan fingerprint density at radius 3 is 2.50 bits per heavy atom. The van der Waals surface area contributed by atoms with Gasteiger partial charge in [0.2, 0.25) is 5.91 Å². The summed E-state index contributed by atoms with van der Waals surface area (Å²) in [6, 6.07) is 10.5. The molecule has 1 aliphatic carbocycles. The molecule has 1 aromatic carbocycles. The molecule has 1 atom stereocenters. The summed E-state index contributed by atoms with van der Waals surface area (Å²) in [4.78, 5) is 15.6. The van der Waals surface area contributed by atoms with Gasteiger partial charge in [-0.2, -0.15) is 4.98 Å². The molecule has 2 N–H and O–H groups in total. The molecule has 0 radical (unpaired) electrons. The summed E-state index contributed by atoms with van der Waals surface area (Å²) >= 11 is 0. The molecule has 0 saturated heterocycles. The van der Waals surface area contributed by atoms with Crippen LogP contribution in [0.4, 0.5) is 0 Å². The minimum absolute atomic E-state index is 0.0357. The molecular formula is C18H24N4O2. The highest BCUT2D eigenvalue weighted by Gasteiger charge is 2.24. The van der Waals surface area contributed by atoms with Crippen molar-refractivity contribution in [3.05, 3.63) is 36.2 Å². The highest BCUT2D eigenvalue weighted by molar-refractivity contribution is 5.73. The van der Waals surface area contributed by atoms with Crippen LogP contribution in [-0.4, -0.2) is 28.1 Å². The zero-order chi connectivity index (χ0) is 16.9. The lowest BCUT2D eigenvalue weighted by Crippen LogP contribution is -2.42. The molecule has 1 amide bonds. The molecular weight excluding hydrogens is 304 g/mol. The van der Waals surface area contributed by atoms with E-state index in [4.69, 9.17) is 4.52 Å². The van der Waals surface area contributed by atoms with E-state index in [1.54, 1.807) is 6.92 Å². The molecule has 2 aromatic rings. The number of aromatic nitrogens is 2. The van der Waals surface area contributed by atoms with Gasteiger partial charge in [0.1, 0.15) is 0 Å². The first kappa shape index (κ1) is 16.6. The second-order valence-electron chi connectivity index (χ2n) is 6.46. The molecule has 3 rings (SSSR count). The lowest BCUT2D eigenvalue weighted by atomic mass is 9.90. The summed E-state index contributed by atoms with van der Waals surface area (Å²) in [7, 11) is 0. The molecule has 1 heterocycles. The zero-order valence-corrected chi connectivity index (χ0v) is 14.2. The van der Waals surface area contributed by atoms with Crippen LogP contribution in [0.1, 0.15) is 51.4 Å². The standard InChI is InChI=1S/C18H24N4O2/c1-12(19-15-8-10-16(11-9-15)20-13(2)23)17-21-18(24-22-17)14-6-4-3-5-7-14/h3-7,12,15-16,19H,8-11H2,1-2H3,(H,20,23)/t12-,15?,16?/m0/s1. The zero-order valence-electron chi connectivity index (χ0n) is 14.2. The van der Waals surface area contributed by atoms with Crippen LogP contribution >= 0.6 is 0 Å². The fraction of sp³-hybridized carbons (Fsp3) is 0.500. The number of hydrogen-bond acceptors (Lipinski definition) is 5. The first-order chi connectivity index (χ1) is 11.6. The monoisotopic (exact) mass is 328 g/mol. The van der Waals surface area contributed by atoms with E-state index < -0.39 is 0 Å².